The third kappa shape index (κ3) is 11.6. The highest BCUT2D eigenvalue weighted by atomic mass is 16.5. The minimum absolute atomic E-state index is 0.0825. The van der Waals surface area contributed by atoms with Crippen molar-refractivity contribution in [3.8, 4) is 11.5 Å². The number of hydrogen-bond donors (Lipinski definition) is 1. The lowest BCUT2D eigenvalue weighted by Gasteiger charge is -2.18. The van der Waals surface area contributed by atoms with Gasteiger partial charge in [-0.25, -0.2) is 0 Å². The van der Waals surface area contributed by atoms with E-state index < -0.39 is 0 Å². The van der Waals surface area contributed by atoms with Crippen LogP contribution in [0.4, 0.5) is 0 Å². The number of hydrogen-bond acceptors (Lipinski definition) is 4. The van der Waals surface area contributed by atoms with Crippen LogP contribution in [-0.2, 0) is 11.3 Å². The Morgan fingerprint density at radius 1 is 0.727 bits per heavy atom. The van der Waals surface area contributed by atoms with Crippen molar-refractivity contribution in [2.45, 2.75) is 90.8 Å². The van der Waals surface area contributed by atoms with Crippen molar-refractivity contribution in [2.24, 2.45) is 0 Å². The van der Waals surface area contributed by atoms with Crippen LogP contribution in [0.1, 0.15) is 82.3 Å². The van der Waals surface area contributed by atoms with Gasteiger partial charge in [0.1, 0.15) is 24.2 Å². The van der Waals surface area contributed by atoms with Crippen LogP contribution in [0.2, 0.25) is 0 Å². The molecule has 0 aromatic heterocycles. The van der Waals surface area contributed by atoms with Crippen LogP contribution in [0.5, 0.6) is 11.5 Å². The van der Waals surface area contributed by atoms with Crippen LogP contribution in [0, 0.1) is 6.92 Å². The van der Waals surface area contributed by atoms with E-state index in [1.807, 2.05) is 55.5 Å². The molecule has 0 heterocycles. The van der Waals surface area contributed by atoms with E-state index in [4.69, 9.17) is 14.2 Å². The van der Waals surface area contributed by atoms with Crippen LogP contribution in [0.3, 0.4) is 0 Å². The van der Waals surface area contributed by atoms with Gasteiger partial charge in [0.25, 0.3) is 0 Å². The van der Waals surface area contributed by atoms with Crippen molar-refractivity contribution in [3.63, 3.8) is 0 Å². The predicted molar refractivity (Wildman–Crippen MR) is 136 cm³/mol. The van der Waals surface area contributed by atoms with Gasteiger partial charge in [-0.15, -0.1) is 0 Å². The van der Waals surface area contributed by atoms with Gasteiger partial charge < -0.3 is 19.3 Å². The van der Waals surface area contributed by atoms with E-state index in [0.29, 0.717) is 13.2 Å². The summed E-state index contributed by atoms with van der Waals surface area (Å²) in [6, 6.07) is 15.8. The Balaban J connectivity index is 1.63. The zero-order valence-electron chi connectivity index (χ0n) is 20.8. The lowest BCUT2D eigenvalue weighted by Crippen LogP contribution is -2.25. The Labute approximate surface area is 201 Å². The number of benzene rings is 2. The second-order valence-corrected chi connectivity index (χ2v) is 8.82. The lowest BCUT2D eigenvalue weighted by atomic mass is 10.1. The van der Waals surface area contributed by atoms with E-state index in [2.05, 4.69) is 6.92 Å². The van der Waals surface area contributed by atoms with Gasteiger partial charge in [-0.05, 0) is 31.0 Å². The maximum absolute atomic E-state index is 9.65. The molecule has 2 aromatic rings. The molecule has 0 spiro atoms. The summed E-state index contributed by atoms with van der Waals surface area (Å²) in [4.78, 5) is 0. The first-order valence-corrected chi connectivity index (χ1v) is 12.9. The Morgan fingerprint density at radius 3 is 1.97 bits per heavy atom. The van der Waals surface area contributed by atoms with Gasteiger partial charge in [0.2, 0.25) is 0 Å². The number of unbranched alkanes of at least 4 members (excludes halogenated alkanes) is 9. The highest BCUT2D eigenvalue weighted by molar-refractivity contribution is 5.43. The standard InChI is InChI=1S/C29H44O4/c1-3-4-5-6-7-8-9-10-11-15-21-31-28-19-16-20-29(25(28)2)33-24-27(22-30)32-23-26-17-13-12-14-18-26/h12-14,16-20,27,30H,3-11,15,21-24H2,1-2H3. The molecule has 33 heavy (non-hydrogen) atoms. The van der Waals surface area contributed by atoms with Crippen molar-refractivity contribution in [1.29, 1.82) is 0 Å². The van der Waals surface area contributed by atoms with Gasteiger partial charge in [0.05, 0.1) is 19.8 Å². The molecule has 4 heteroatoms. The van der Waals surface area contributed by atoms with Crippen LogP contribution in [0.25, 0.3) is 0 Å². The maximum Gasteiger partial charge on any atom is 0.126 e. The Bertz CT molecular complexity index is 732. The number of aliphatic hydroxyl groups excluding tert-OH is 1. The van der Waals surface area contributed by atoms with Gasteiger partial charge in [0, 0.05) is 5.56 Å². The van der Waals surface area contributed by atoms with E-state index in [-0.39, 0.29) is 12.7 Å². The zero-order chi connectivity index (χ0) is 23.6. The smallest absolute Gasteiger partial charge is 0.126 e. The van der Waals surface area contributed by atoms with E-state index >= 15 is 0 Å². The first kappa shape index (κ1) is 27.2. The van der Waals surface area contributed by atoms with Crippen LogP contribution in [-0.4, -0.2) is 31.0 Å². The average Bonchev–Trinajstić information content (AvgIpc) is 2.85. The van der Waals surface area contributed by atoms with E-state index in [1.165, 1.54) is 57.8 Å². The van der Waals surface area contributed by atoms with Gasteiger partial charge >= 0.3 is 0 Å². The van der Waals surface area contributed by atoms with E-state index in [1.54, 1.807) is 0 Å². The second kappa shape index (κ2) is 17.4. The van der Waals surface area contributed by atoms with Crippen molar-refractivity contribution < 1.29 is 19.3 Å². The molecule has 0 saturated carbocycles. The highest BCUT2D eigenvalue weighted by Gasteiger charge is 2.12. The summed E-state index contributed by atoms with van der Waals surface area (Å²) in [6.45, 7) is 5.69. The molecule has 0 bridgehead atoms. The molecule has 1 N–H and O–H groups in total. The largest absolute Gasteiger partial charge is 0.493 e. The molecule has 0 radical (unpaired) electrons. The molecular weight excluding hydrogens is 412 g/mol. The molecule has 4 nitrogen and oxygen atoms in total. The normalized spacial score (nSPS) is 12.0. The first-order chi connectivity index (χ1) is 16.2. The first-order valence-electron chi connectivity index (χ1n) is 12.9. The molecule has 0 aliphatic rings. The van der Waals surface area contributed by atoms with E-state index in [0.717, 1.165) is 35.7 Å². The summed E-state index contributed by atoms with van der Waals surface area (Å²) >= 11 is 0. The second-order valence-electron chi connectivity index (χ2n) is 8.82. The van der Waals surface area contributed by atoms with Gasteiger partial charge in [-0.3, -0.25) is 0 Å². The minimum atomic E-state index is -0.374. The number of aliphatic hydroxyl groups is 1. The topological polar surface area (TPSA) is 47.9 Å². The fourth-order valence-corrected chi connectivity index (χ4v) is 3.80. The maximum atomic E-state index is 9.65. The van der Waals surface area contributed by atoms with Crippen LogP contribution >= 0.6 is 0 Å². The van der Waals surface area contributed by atoms with E-state index in [9.17, 15) is 5.11 Å². The molecular formula is C29H44O4. The number of rotatable bonds is 19. The Hall–Kier alpha value is -2.04. The minimum Gasteiger partial charge on any atom is -0.493 e. The summed E-state index contributed by atoms with van der Waals surface area (Å²) in [5.41, 5.74) is 2.07. The SMILES string of the molecule is CCCCCCCCCCCCOc1cccc(OCC(CO)OCc2ccccc2)c1C. The summed E-state index contributed by atoms with van der Waals surface area (Å²) in [7, 11) is 0. The molecule has 1 unspecified atom stereocenters. The fourth-order valence-electron chi connectivity index (χ4n) is 3.80. The monoisotopic (exact) mass is 456 g/mol. The summed E-state index contributed by atoms with van der Waals surface area (Å²) < 4.78 is 17.8. The molecule has 1 atom stereocenters. The van der Waals surface area contributed by atoms with Gasteiger partial charge in [-0.2, -0.15) is 0 Å². The van der Waals surface area contributed by atoms with Gasteiger partial charge in [-0.1, -0.05) is 101 Å². The Kier molecular flexibility index (Phi) is 14.4. The molecule has 0 fully saturated rings. The molecule has 2 aromatic carbocycles. The molecule has 0 saturated heterocycles. The highest BCUT2D eigenvalue weighted by Crippen LogP contribution is 2.28. The third-order valence-corrected chi connectivity index (χ3v) is 5.95. The Morgan fingerprint density at radius 2 is 1.33 bits per heavy atom. The van der Waals surface area contributed by atoms with Crippen molar-refractivity contribution in [1.82, 2.24) is 0 Å². The number of ether oxygens (including phenoxy) is 3. The average molecular weight is 457 g/mol. The van der Waals surface area contributed by atoms with Gasteiger partial charge in [0.15, 0.2) is 0 Å². The zero-order valence-corrected chi connectivity index (χ0v) is 20.8. The quantitative estimate of drug-likeness (QED) is 0.226. The summed E-state index contributed by atoms with van der Waals surface area (Å²) in [5.74, 6) is 1.64. The third-order valence-electron chi connectivity index (χ3n) is 5.95. The molecule has 0 amide bonds. The van der Waals surface area contributed by atoms with Crippen molar-refractivity contribution in [3.05, 3.63) is 59.7 Å². The predicted octanol–water partition coefficient (Wildman–Crippen LogP) is 7.25. The van der Waals surface area contributed by atoms with Crippen molar-refractivity contribution >= 4 is 0 Å². The molecule has 0 aliphatic carbocycles. The fraction of sp³-hybridized carbons (Fsp3) is 0.586. The molecule has 2 rings (SSSR count). The molecule has 0 aliphatic heterocycles. The lowest BCUT2D eigenvalue weighted by molar-refractivity contribution is -0.0228. The van der Waals surface area contributed by atoms with Crippen molar-refractivity contribution in [2.75, 3.05) is 19.8 Å². The van der Waals surface area contributed by atoms with Crippen LogP contribution < -0.4 is 9.47 Å². The summed E-state index contributed by atoms with van der Waals surface area (Å²) in [6.07, 6.45) is 12.8. The van der Waals surface area contributed by atoms with Crippen LogP contribution in [0.15, 0.2) is 48.5 Å². The summed E-state index contributed by atoms with van der Waals surface area (Å²) in [5, 5.41) is 9.65. The molecule has 184 valence electrons.